The SMILES string of the molecule is [N-]=[N+]=N/C(=C\c1c(Cl)cccc1Cl)C(=O)c1ccc(Cl)cc1. The molecule has 0 aliphatic heterocycles. The van der Waals surface area contributed by atoms with E-state index in [2.05, 4.69) is 10.0 Å². The van der Waals surface area contributed by atoms with Crippen molar-refractivity contribution in [3.05, 3.63) is 84.8 Å². The highest BCUT2D eigenvalue weighted by Crippen LogP contribution is 2.28. The molecule has 7 heteroatoms. The van der Waals surface area contributed by atoms with E-state index < -0.39 is 5.78 Å². The van der Waals surface area contributed by atoms with Crippen molar-refractivity contribution in [2.45, 2.75) is 0 Å². The lowest BCUT2D eigenvalue weighted by molar-refractivity contribution is 0.103. The summed E-state index contributed by atoms with van der Waals surface area (Å²) in [4.78, 5) is 15.1. The van der Waals surface area contributed by atoms with Crippen LogP contribution in [0.15, 0.2) is 53.3 Å². The van der Waals surface area contributed by atoms with Crippen LogP contribution in [0.4, 0.5) is 0 Å². The number of halogens is 3. The Morgan fingerprint density at radius 2 is 1.64 bits per heavy atom. The van der Waals surface area contributed by atoms with E-state index in [0.29, 0.717) is 26.2 Å². The van der Waals surface area contributed by atoms with Crippen molar-refractivity contribution < 1.29 is 4.79 Å². The Morgan fingerprint density at radius 3 is 2.18 bits per heavy atom. The van der Waals surface area contributed by atoms with Crippen LogP contribution in [0, 0.1) is 0 Å². The molecule has 0 aliphatic carbocycles. The number of rotatable bonds is 4. The largest absolute Gasteiger partial charge is 0.289 e. The van der Waals surface area contributed by atoms with Crippen LogP contribution in [-0.4, -0.2) is 5.78 Å². The summed E-state index contributed by atoms with van der Waals surface area (Å²) in [6, 6.07) is 11.2. The first-order valence-electron chi connectivity index (χ1n) is 6.04. The molecule has 0 atom stereocenters. The summed E-state index contributed by atoms with van der Waals surface area (Å²) in [6.45, 7) is 0. The molecular weight excluding hydrogens is 345 g/mol. The maximum absolute atomic E-state index is 12.4. The molecule has 0 amide bonds. The van der Waals surface area contributed by atoms with Crippen LogP contribution in [0.2, 0.25) is 15.1 Å². The Labute approximate surface area is 141 Å². The van der Waals surface area contributed by atoms with E-state index >= 15 is 0 Å². The summed E-state index contributed by atoms with van der Waals surface area (Å²) >= 11 is 17.9. The quantitative estimate of drug-likeness (QED) is 0.213. The normalized spacial score (nSPS) is 11.0. The molecule has 2 aromatic carbocycles. The van der Waals surface area contributed by atoms with Gasteiger partial charge in [0.2, 0.25) is 0 Å². The molecule has 2 aromatic rings. The minimum atomic E-state index is -0.453. The molecular formula is C15H8Cl3N3O. The van der Waals surface area contributed by atoms with Gasteiger partial charge in [-0.1, -0.05) is 46.0 Å². The van der Waals surface area contributed by atoms with Crippen LogP contribution in [0.25, 0.3) is 16.5 Å². The number of allylic oxidation sites excluding steroid dienone is 1. The Bertz CT molecular complexity index is 774. The van der Waals surface area contributed by atoms with Crippen LogP contribution >= 0.6 is 34.8 Å². The first kappa shape index (κ1) is 16.4. The number of carbonyl (C=O) groups is 1. The Morgan fingerprint density at radius 1 is 1.05 bits per heavy atom. The van der Waals surface area contributed by atoms with Crippen molar-refractivity contribution in [3.63, 3.8) is 0 Å². The van der Waals surface area contributed by atoms with Gasteiger partial charge in [-0.3, -0.25) is 4.79 Å². The van der Waals surface area contributed by atoms with Gasteiger partial charge in [0.25, 0.3) is 0 Å². The molecule has 0 heterocycles. The third-order valence-electron chi connectivity index (χ3n) is 2.77. The number of benzene rings is 2. The molecule has 0 unspecified atom stereocenters. The highest BCUT2D eigenvalue weighted by atomic mass is 35.5. The summed E-state index contributed by atoms with van der Waals surface area (Å²) in [7, 11) is 0. The van der Waals surface area contributed by atoms with Gasteiger partial charge in [-0.25, -0.2) is 0 Å². The summed E-state index contributed by atoms with van der Waals surface area (Å²) < 4.78 is 0. The van der Waals surface area contributed by atoms with Crippen molar-refractivity contribution >= 4 is 46.7 Å². The van der Waals surface area contributed by atoms with E-state index in [1.54, 1.807) is 42.5 Å². The number of azide groups is 1. The average molecular weight is 353 g/mol. The van der Waals surface area contributed by atoms with Crippen molar-refractivity contribution in [3.8, 4) is 0 Å². The molecule has 4 nitrogen and oxygen atoms in total. The van der Waals surface area contributed by atoms with Crippen LogP contribution in [0.3, 0.4) is 0 Å². The number of Topliss-reactive ketones (excluding diaryl/α,β-unsaturated/α-hetero) is 1. The standard InChI is InChI=1S/C15H8Cl3N3O/c16-10-6-4-9(5-7-10)15(22)14(20-21-19)8-11-12(17)2-1-3-13(11)18/h1-8H/b14-8-. The van der Waals surface area contributed by atoms with E-state index in [9.17, 15) is 4.79 Å². The first-order valence-corrected chi connectivity index (χ1v) is 7.17. The van der Waals surface area contributed by atoms with E-state index in [-0.39, 0.29) is 5.70 Å². The summed E-state index contributed by atoms with van der Waals surface area (Å²) in [5.74, 6) is -0.453. The fraction of sp³-hybridized carbons (Fsp3) is 0. The maximum atomic E-state index is 12.4. The summed E-state index contributed by atoms with van der Waals surface area (Å²) in [6.07, 6.45) is 1.36. The molecule has 0 N–H and O–H groups in total. The van der Waals surface area contributed by atoms with Crippen LogP contribution < -0.4 is 0 Å². The van der Waals surface area contributed by atoms with Crippen LogP contribution in [0.1, 0.15) is 15.9 Å². The molecule has 0 aliphatic rings. The number of hydrogen-bond acceptors (Lipinski definition) is 2. The maximum Gasteiger partial charge on any atom is 0.195 e. The smallest absolute Gasteiger partial charge is 0.195 e. The van der Waals surface area contributed by atoms with Crippen molar-refractivity contribution in [2.24, 2.45) is 5.11 Å². The lowest BCUT2D eigenvalue weighted by Crippen LogP contribution is -2.01. The minimum Gasteiger partial charge on any atom is -0.289 e. The molecule has 2 rings (SSSR count). The second kappa shape index (κ2) is 7.34. The minimum absolute atomic E-state index is 0.111. The predicted molar refractivity (Wildman–Crippen MR) is 89.4 cm³/mol. The number of ketones is 1. The van der Waals surface area contributed by atoms with Gasteiger partial charge in [-0.2, -0.15) is 0 Å². The zero-order chi connectivity index (χ0) is 16.1. The van der Waals surface area contributed by atoms with Gasteiger partial charge in [0.1, 0.15) is 0 Å². The van der Waals surface area contributed by atoms with Crippen molar-refractivity contribution in [1.29, 1.82) is 0 Å². The van der Waals surface area contributed by atoms with Gasteiger partial charge in [-0.15, -0.1) is 0 Å². The zero-order valence-corrected chi connectivity index (χ0v) is 13.3. The lowest BCUT2D eigenvalue weighted by Gasteiger charge is -2.05. The molecule has 0 saturated carbocycles. The monoisotopic (exact) mass is 351 g/mol. The summed E-state index contributed by atoms with van der Waals surface area (Å²) in [5, 5.41) is 4.64. The zero-order valence-electron chi connectivity index (χ0n) is 11.0. The molecule has 22 heavy (non-hydrogen) atoms. The second-order valence-electron chi connectivity index (χ2n) is 4.19. The molecule has 0 radical (unpaired) electrons. The van der Waals surface area contributed by atoms with Gasteiger partial charge < -0.3 is 0 Å². The predicted octanol–water partition coefficient (Wildman–Crippen LogP) is 6.18. The molecule has 0 saturated heterocycles. The van der Waals surface area contributed by atoms with Gasteiger partial charge in [-0.05, 0) is 48.0 Å². The van der Waals surface area contributed by atoms with E-state index in [0.717, 1.165) is 0 Å². The van der Waals surface area contributed by atoms with Gasteiger partial charge >= 0.3 is 0 Å². The third kappa shape index (κ3) is 3.81. The third-order valence-corrected chi connectivity index (χ3v) is 3.68. The average Bonchev–Trinajstić information content (AvgIpc) is 2.50. The highest BCUT2D eigenvalue weighted by Gasteiger charge is 2.13. The Balaban J connectivity index is 2.50. The van der Waals surface area contributed by atoms with Crippen molar-refractivity contribution in [2.75, 3.05) is 0 Å². The number of hydrogen-bond donors (Lipinski definition) is 0. The fourth-order valence-electron chi connectivity index (χ4n) is 1.72. The van der Waals surface area contributed by atoms with Crippen LogP contribution in [-0.2, 0) is 0 Å². The molecule has 0 aromatic heterocycles. The summed E-state index contributed by atoms with van der Waals surface area (Å²) in [5.41, 5.74) is 9.31. The van der Waals surface area contributed by atoms with Gasteiger partial charge in [0.15, 0.2) is 5.78 Å². The van der Waals surface area contributed by atoms with Crippen LogP contribution in [0.5, 0.6) is 0 Å². The number of nitrogens with zero attached hydrogens (tertiary/aromatic N) is 3. The highest BCUT2D eigenvalue weighted by molar-refractivity contribution is 6.37. The van der Waals surface area contributed by atoms with E-state index in [1.165, 1.54) is 6.08 Å². The molecule has 0 spiro atoms. The number of carbonyl (C=O) groups excluding carboxylic acids is 1. The fourth-order valence-corrected chi connectivity index (χ4v) is 2.36. The van der Waals surface area contributed by atoms with Crippen molar-refractivity contribution in [1.82, 2.24) is 0 Å². The van der Waals surface area contributed by atoms with E-state index in [4.69, 9.17) is 40.3 Å². The Kier molecular flexibility index (Phi) is 5.47. The van der Waals surface area contributed by atoms with Gasteiger partial charge in [0.05, 0.1) is 5.70 Å². The molecule has 110 valence electrons. The lowest BCUT2D eigenvalue weighted by atomic mass is 10.1. The first-order chi connectivity index (χ1) is 10.5. The topological polar surface area (TPSA) is 65.8 Å². The molecule has 0 bridgehead atoms. The van der Waals surface area contributed by atoms with E-state index in [1.807, 2.05) is 0 Å². The molecule has 0 fully saturated rings. The second-order valence-corrected chi connectivity index (χ2v) is 5.44. The van der Waals surface area contributed by atoms with Gasteiger partial charge in [0, 0.05) is 31.1 Å². The Hall–Kier alpha value is -1.97.